The highest BCUT2D eigenvalue weighted by Gasteiger charge is 2.20. The van der Waals surface area contributed by atoms with Gasteiger partial charge >= 0.3 is 0 Å². The standard InChI is InChI=1S/C19H30N2O2/c1-5-8-21-9-6-17(7-10-21)20-18(22)13-23-19-15(3)11-14(2)12-16(19)4/h11-12,17H,5-10,13H2,1-4H3,(H,20,22). The van der Waals surface area contributed by atoms with Gasteiger partial charge in [0.2, 0.25) is 0 Å². The molecule has 0 radical (unpaired) electrons. The number of hydrogen-bond acceptors (Lipinski definition) is 3. The first-order valence-electron chi connectivity index (χ1n) is 8.72. The normalized spacial score (nSPS) is 16.3. The Morgan fingerprint density at radius 2 is 1.83 bits per heavy atom. The van der Waals surface area contributed by atoms with Gasteiger partial charge in [-0.1, -0.05) is 24.6 Å². The van der Waals surface area contributed by atoms with Crippen molar-refractivity contribution in [1.29, 1.82) is 0 Å². The Morgan fingerprint density at radius 3 is 2.39 bits per heavy atom. The van der Waals surface area contributed by atoms with E-state index in [1.165, 1.54) is 12.0 Å². The Hall–Kier alpha value is -1.55. The Morgan fingerprint density at radius 1 is 1.22 bits per heavy atom. The highest BCUT2D eigenvalue weighted by Crippen LogP contribution is 2.24. The van der Waals surface area contributed by atoms with Crippen LogP contribution in [0.5, 0.6) is 5.75 Å². The van der Waals surface area contributed by atoms with Crippen LogP contribution in [0.3, 0.4) is 0 Å². The first-order chi connectivity index (χ1) is 11.0. The molecular formula is C19H30N2O2. The zero-order chi connectivity index (χ0) is 16.8. The molecule has 4 nitrogen and oxygen atoms in total. The Labute approximate surface area is 140 Å². The zero-order valence-corrected chi connectivity index (χ0v) is 14.9. The predicted molar refractivity (Wildman–Crippen MR) is 94.0 cm³/mol. The molecule has 0 aromatic heterocycles. The molecule has 1 aromatic rings. The molecule has 0 bridgehead atoms. The molecule has 1 aromatic carbocycles. The Bertz CT molecular complexity index is 511. The van der Waals surface area contributed by atoms with E-state index in [-0.39, 0.29) is 12.5 Å². The maximum absolute atomic E-state index is 12.1. The van der Waals surface area contributed by atoms with Crippen molar-refractivity contribution in [2.75, 3.05) is 26.2 Å². The minimum atomic E-state index is -0.0154. The molecule has 1 aliphatic rings. The van der Waals surface area contributed by atoms with Crippen LogP contribution in [0.25, 0.3) is 0 Å². The third-order valence-corrected chi connectivity index (χ3v) is 4.44. The smallest absolute Gasteiger partial charge is 0.258 e. The van der Waals surface area contributed by atoms with Crippen LogP contribution in [0.15, 0.2) is 12.1 Å². The topological polar surface area (TPSA) is 41.6 Å². The van der Waals surface area contributed by atoms with E-state index in [0.29, 0.717) is 6.04 Å². The maximum Gasteiger partial charge on any atom is 0.258 e. The second-order valence-electron chi connectivity index (χ2n) is 6.70. The van der Waals surface area contributed by atoms with Crippen molar-refractivity contribution in [1.82, 2.24) is 10.2 Å². The summed E-state index contributed by atoms with van der Waals surface area (Å²) in [4.78, 5) is 14.6. The number of likely N-dealkylation sites (tertiary alicyclic amines) is 1. The van der Waals surface area contributed by atoms with E-state index >= 15 is 0 Å². The third kappa shape index (κ3) is 5.24. The minimum absolute atomic E-state index is 0.0154. The van der Waals surface area contributed by atoms with E-state index in [0.717, 1.165) is 49.4 Å². The Balaban J connectivity index is 1.78. The number of hydrogen-bond donors (Lipinski definition) is 1. The lowest BCUT2D eigenvalue weighted by Crippen LogP contribution is -2.46. The molecule has 4 heteroatoms. The van der Waals surface area contributed by atoms with Crippen LogP contribution >= 0.6 is 0 Å². The molecule has 1 amide bonds. The summed E-state index contributed by atoms with van der Waals surface area (Å²) in [5, 5.41) is 3.11. The maximum atomic E-state index is 12.1. The molecule has 0 spiro atoms. The van der Waals surface area contributed by atoms with Gasteiger partial charge in [-0.25, -0.2) is 0 Å². The molecule has 0 saturated carbocycles. The summed E-state index contributed by atoms with van der Waals surface area (Å²) in [5.74, 6) is 0.821. The van der Waals surface area contributed by atoms with Gasteiger partial charge in [0.05, 0.1) is 0 Å². The van der Waals surface area contributed by atoms with Crippen molar-refractivity contribution >= 4 is 5.91 Å². The van der Waals surface area contributed by atoms with Crippen LogP contribution in [-0.4, -0.2) is 43.1 Å². The average molecular weight is 318 g/mol. The van der Waals surface area contributed by atoms with Crippen LogP contribution in [0.2, 0.25) is 0 Å². The van der Waals surface area contributed by atoms with Gasteiger partial charge in [-0.15, -0.1) is 0 Å². The van der Waals surface area contributed by atoms with E-state index in [2.05, 4.69) is 36.2 Å². The number of nitrogens with one attached hydrogen (secondary N) is 1. The lowest BCUT2D eigenvalue weighted by Gasteiger charge is -2.32. The molecule has 1 saturated heterocycles. The summed E-state index contributed by atoms with van der Waals surface area (Å²) >= 11 is 0. The van der Waals surface area contributed by atoms with Gasteiger partial charge in [-0.3, -0.25) is 4.79 Å². The number of ether oxygens (including phenoxy) is 1. The van der Waals surface area contributed by atoms with Gasteiger partial charge in [0.1, 0.15) is 5.75 Å². The van der Waals surface area contributed by atoms with Crippen LogP contribution in [0.1, 0.15) is 42.9 Å². The van der Waals surface area contributed by atoms with Crippen LogP contribution < -0.4 is 10.1 Å². The quantitative estimate of drug-likeness (QED) is 0.877. The molecule has 23 heavy (non-hydrogen) atoms. The third-order valence-electron chi connectivity index (χ3n) is 4.44. The molecule has 0 aliphatic carbocycles. The van der Waals surface area contributed by atoms with Crippen LogP contribution in [-0.2, 0) is 4.79 Å². The fourth-order valence-electron chi connectivity index (χ4n) is 3.42. The fraction of sp³-hybridized carbons (Fsp3) is 0.632. The molecule has 0 unspecified atom stereocenters. The SMILES string of the molecule is CCCN1CCC(NC(=O)COc2c(C)cc(C)cc2C)CC1. The number of benzene rings is 1. The number of rotatable bonds is 6. The molecule has 1 heterocycles. The lowest BCUT2D eigenvalue weighted by atomic mass is 10.0. The summed E-state index contributed by atoms with van der Waals surface area (Å²) < 4.78 is 5.76. The van der Waals surface area contributed by atoms with E-state index < -0.39 is 0 Å². The minimum Gasteiger partial charge on any atom is -0.483 e. The van der Waals surface area contributed by atoms with Crippen molar-refractivity contribution in [2.24, 2.45) is 0 Å². The molecular weight excluding hydrogens is 288 g/mol. The van der Waals surface area contributed by atoms with Gasteiger partial charge in [0, 0.05) is 19.1 Å². The molecule has 1 fully saturated rings. The van der Waals surface area contributed by atoms with Gasteiger partial charge in [0.25, 0.3) is 5.91 Å². The van der Waals surface area contributed by atoms with Crippen molar-refractivity contribution in [3.63, 3.8) is 0 Å². The molecule has 128 valence electrons. The summed E-state index contributed by atoms with van der Waals surface area (Å²) in [5.41, 5.74) is 3.39. The molecule has 2 rings (SSSR count). The highest BCUT2D eigenvalue weighted by molar-refractivity contribution is 5.78. The van der Waals surface area contributed by atoms with E-state index in [9.17, 15) is 4.79 Å². The monoisotopic (exact) mass is 318 g/mol. The summed E-state index contributed by atoms with van der Waals surface area (Å²) in [6, 6.07) is 4.47. The number of piperidine rings is 1. The van der Waals surface area contributed by atoms with Crippen LogP contribution in [0.4, 0.5) is 0 Å². The summed E-state index contributed by atoms with van der Waals surface area (Å²) in [6.45, 7) is 11.7. The lowest BCUT2D eigenvalue weighted by molar-refractivity contribution is -0.124. The number of carbonyl (C=O) groups is 1. The van der Waals surface area contributed by atoms with Gasteiger partial charge < -0.3 is 15.0 Å². The number of amides is 1. The molecule has 0 atom stereocenters. The van der Waals surface area contributed by atoms with Gasteiger partial charge in [-0.05, 0) is 57.7 Å². The number of aryl methyl sites for hydroxylation is 3. The first-order valence-corrected chi connectivity index (χ1v) is 8.72. The van der Waals surface area contributed by atoms with Gasteiger partial charge in [-0.2, -0.15) is 0 Å². The zero-order valence-electron chi connectivity index (χ0n) is 14.9. The van der Waals surface area contributed by atoms with Crippen molar-refractivity contribution in [3.8, 4) is 5.75 Å². The van der Waals surface area contributed by atoms with Gasteiger partial charge in [0.15, 0.2) is 6.61 Å². The van der Waals surface area contributed by atoms with E-state index in [4.69, 9.17) is 4.74 Å². The second-order valence-corrected chi connectivity index (χ2v) is 6.70. The van der Waals surface area contributed by atoms with E-state index in [1.807, 2.05) is 13.8 Å². The largest absolute Gasteiger partial charge is 0.483 e. The van der Waals surface area contributed by atoms with Crippen molar-refractivity contribution in [3.05, 3.63) is 28.8 Å². The summed E-state index contributed by atoms with van der Waals surface area (Å²) in [7, 11) is 0. The fourth-order valence-corrected chi connectivity index (χ4v) is 3.42. The van der Waals surface area contributed by atoms with Crippen molar-refractivity contribution in [2.45, 2.75) is 53.0 Å². The first kappa shape index (κ1) is 17.8. The predicted octanol–water partition coefficient (Wildman–Crippen LogP) is 2.98. The number of nitrogens with zero attached hydrogens (tertiary/aromatic N) is 1. The van der Waals surface area contributed by atoms with Crippen LogP contribution in [0, 0.1) is 20.8 Å². The average Bonchev–Trinajstić information content (AvgIpc) is 2.48. The van der Waals surface area contributed by atoms with E-state index in [1.54, 1.807) is 0 Å². The Kier molecular flexibility index (Phi) is 6.46. The second kappa shape index (κ2) is 8.34. The van der Waals surface area contributed by atoms with Crippen molar-refractivity contribution < 1.29 is 9.53 Å². The molecule has 1 aliphatic heterocycles. The number of carbonyl (C=O) groups excluding carboxylic acids is 1. The molecule has 1 N–H and O–H groups in total. The highest BCUT2D eigenvalue weighted by atomic mass is 16.5. The summed E-state index contributed by atoms with van der Waals surface area (Å²) in [6.07, 6.45) is 3.27.